The minimum Gasteiger partial charge on any atom is -0.344 e. The predicted octanol–water partition coefficient (Wildman–Crippen LogP) is 3.78. The molecule has 18 heavy (non-hydrogen) atoms. The maximum Gasteiger partial charge on any atom is 0.148 e. The Labute approximate surface area is 107 Å². The van der Waals surface area contributed by atoms with Crippen molar-refractivity contribution in [3.05, 3.63) is 71.3 Å². The SMILES string of the molecule is Cc1ccc([C@H]2OCO[C@H]2c2ccccc2)cc1. The fraction of sp³-hybridized carbons (Fsp3) is 0.250. The third kappa shape index (κ3) is 2.17. The quantitative estimate of drug-likeness (QED) is 0.795. The zero-order chi connectivity index (χ0) is 12.4. The Morgan fingerprint density at radius 2 is 1.33 bits per heavy atom. The minimum absolute atomic E-state index is 0.00564. The Bertz CT molecular complexity index is 504. The van der Waals surface area contributed by atoms with Crippen LogP contribution in [0, 0.1) is 6.92 Å². The maximum absolute atomic E-state index is 5.72. The summed E-state index contributed by atoms with van der Waals surface area (Å²) < 4.78 is 11.4. The van der Waals surface area contributed by atoms with Crippen molar-refractivity contribution in [2.75, 3.05) is 6.79 Å². The molecule has 92 valence electrons. The van der Waals surface area contributed by atoms with Gasteiger partial charge >= 0.3 is 0 Å². The second-order valence-corrected chi connectivity index (χ2v) is 4.61. The first-order chi connectivity index (χ1) is 8.84. The van der Waals surface area contributed by atoms with Crippen molar-refractivity contribution in [1.82, 2.24) is 0 Å². The highest BCUT2D eigenvalue weighted by Crippen LogP contribution is 2.39. The van der Waals surface area contributed by atoms with Gasteiger partial charge in [-0.1, -0.05) is 60.2 Å². The molecule has 1 saturated heterocycles. The fourth-order valence-corrected chi connectivity index (χ4v) is 2.30. The van der Waals surface area contributed by atoms with Crippen LogP contribution in [0.5, 0.6) is 0 Å². The standard InChI is InChI=1S/C16H16O2/c1-12-7-9-14(10-8-12)16-15(17-11-18-16)13-5-3-2-4-6-13/h2-10,15-16H,11H2,1H3/t15-,16+/m0/s1. The average Bonchev–Trinajstić information content (AvgIpc) is 2.90. The molecule has 0 unspecified atom stereocenters. The van der Waals surface area contributed by atoms with E-state index in [-0.39, 0.29) is 12.2 Å². The lowest BCUT2D eigenvalue weighted by molar-refractivity contribution is 0.0382. The van der Waals surface area contributed by atoms with E-state index in [4.69, 9.17) is 9.47 Å². The molecule has 0 amide bonds. The van der Waals surface area contributed by atoms with E-state index in [9.17, 15) is 0 Å². The molecule has 3 rings (SSSR count). The lowest BCUT2D eigenvalue weighted by Crippen LogP contribution is -2.07. The fourth-order valence-electron chi connectivity index (χ4n) is 2.30. The number of ether oxygens (including phenoxy) is 2. The highest BCUT2D eigenvalue weighted by molar-refractivity contribution is 5.28. The van der Waals surface area contributed by atoms with E-state index in [0.717, 1.165) is 0 Å². The Hall–Kier alpha value is -1.64. The van der Waals surface area contributed by atoms with Crippen LogP contribution in [0.1, 0.15) is 28.9 Å². The van der Waals surface area contributed by atoms with Gasteiger partial charge in [-0.15, -0.1) is 0 Å². The molecule has 1 aliphatic rings. The van der Waals surface area contributed by atoms with Crippen molar-refractivity contribution in [2.45, 2.75) is 19.1 Å². The van der Waals surface area contributed by atoms with Crippen LogP contribution in [-0.4, -0.2) is 6.79 Å². The average molecular weight is 240 g/mol. The molecule has 0 aromatic heterocycles. The molecule has 2 nitrogen and oxygen atoms in total. The van der Waals surface area contributed by atoms with Gasteiger partial charge in [0.1, 0.15) is 19.0 Å². The number of hydrogen-bond donors (Lipinski definition) is 0. The van der Waals surface area contributed by atoms with Crippen LogP contribution in [0.4, 0.5) is 0 Å². The molecule has 2 aromatic rings. The molecule has 0 aliphatic carbocycles. The van der Waals surface area contributed by atoms with Crippen molar-refractivity contribution >= 4 is 0 Å². The molecule has 0 radical (unpaired) electrons. The van der Waals surface area contributed by atoms with Crippen LogP contribution in [0.2, 0.25) is 0 Å². The van der Waals surface area contributed by atoms with Gasteiger partial charge in [0, 0.05) is 0 Å². The molecule has 1 heterocycles. The summed E-state index contributed by atoms with van der Waals surface area (Å²) in [7, 11) is 0. The van der Waals surface area contributed by atoms with Gasteiger partial charge in [-0.2, -0.15) is 0 Å². The van der Waals surface area contributed by atoms with Crippen LogP contribution in [0.3, 0.4) is 0 Å². The maximum atomic E-state index is 5.72. The first-order valence-corrected chi connectivity index (χ1v) is 6.19. The molecule has 2 atom stereocenters. The normalized spacial score (nSPS) is 23.2. The van der Waals surface area contributed by atoms with E-state index in [2.05, 4.69) is 43.3 Å². The van der Waals surface area contributed by atoms with Gasteiger partial charge in [-0.05, 0) is 18.1 Å². The molecule has 2 aromatic carbocycles. The molecule has 0 saturated carbocycles. The van der Waals surface area contributed by atoms with E-state index in [1.165, 1.54) is 16.7 Å². The molecule has 1 aliphatic heterocycles. The summed E-state index contributed by atoms with van der Waals surface area (Å²) in [6, 6.07) is 18.7. The first-order valence-electron chi connectivity index (χ1n) is 6.19. The van der Waals surface area contributed by atoms with Crippen LogP contribution in [0.25, 0.3) is 0 Å². The summed E-state index contributed by atoms with van der Waals surface area (Å²) >= 11 is 0. The largest absolute Gasteiger partial charge is 0.344 e. The van der Waals surface area contributed by atoms with Gasteiger partial charge in [0.2, 0.25) is 0 Å². The molecule has 0 bridgehead atoms. The zero-order valence-electron chi connectivity index (χ0n) is 10.4. The summed E-state index contributed by atoms with van der Waals surface area (Å²) in [5.74, 6) is 0. The van der Waals surface area contributed by atoms with Gasteiger partial charge in [0.05, 0.1) is 0 Å². The summed E-state index contributed by atoms with van der Waals surface area (Å²) in [4.78, 5) is 0. The van der Waals surface area contributed by atoms with Crippen molar-refractivity contribution in [2.24, 2.45) is 0 Å². The van der Waals surface area contributed by atoms with Crippen molar-refractivity contribution < 1.29 is 9.47 Å². The number of hydrogen-bond acceptors (Lipinski definition) is 2. The highest BCUT2D eigenvalue weighted by Gasteiger charge is 2.31. The third-order valence-corrected chi connectivity index (χ3v) is 3.30. The second-order valence-electron chi connectivity index (χ2n) is 4.61. The summed E-state index contributed by atoms with van der Waals surface area (Å²) in [6.07, 6.45) is -0.0121. The van der Waals surface area contributed by atoms with Gasteiger partial charge in [0.15, 0.2) is 0 Å². The predicted molar refractivity (Wildman–Crippen MR) is 70.1 cm³/mol. The van der Waals surface area contributed by atoms with E-state index in [0.29, 0.717) is 6.79 Å². The van der Waals surface area contributed by atoms with Crippen LogP contribution in [0.15, 0.2) is 54.6 Å². The zero-order valence-corrected chi connectivity index (χ0v) is 10.4. The minimum atomic E-state index is -0.00648. The summed E-state index contributed by atoms with van der Waals surface area (Å²) in [5, 5.41) is 0. The highest BCUT2D eigenvalue weighted by atomic mass is 16.7. The Kier molecular flexibility index (Phi) is 3.13. The van der Waals surface area contributed by atoms with Crippen molar-refractivity contribution in [1.29, 1.82) is 0 Å². The molecule has 2 heteroatoms. The topological polar surface area (TPSA) is 18.5 Å². The lowest BCUT2D eigenvalue weighted by Gasteiger charge is -2.17. The number of rotatable bonds is 2. The van der Waals surface area contributed by atoms with Gasteiger partial charge in [0.25, 0.3) is 0 Å². The molecular weight excluding hydrogens is 224 g/mol. The van der Waals surface area contributed by atoms with Gasteiger partial charge in [-0.25, -0.2) is 0 Å². The Morgan fingerprint density at radius 3 is 1.94 bits per heavy atom. The number of benzene rings is 2. The summed E-state index contributed by atoms with van der Waals surface area (Å²) in [6.45, 7) is 2.45. The molecular formula is C16H16O2. The van der Waals surface area contributed by atoms with E-state index in [1.54, 1.807) is 0 Å². The third-order valence-electron chi connectivity index (χ3n) is 3.30. The summed E-state index contributed by atoms with van der Waals surface area (Å²) in [5.41, 5.74) is 3.60. The van der Waals surface area contributed by atoms with Crippen molar-refractivity contribution in [3.8, 4) is 0 Å². The second kappa shape index (κ2) is 4.92. The van der Waals surface area contributed by atoms with E-state index < -0.39 is 0 Å². The monoisotopic (exact) mass is 240 g/mol. The Balaban J connectivity index is 1.90. The van der Waals surface area contributed by atoms with Crippen LogP contribution < -0.4 is 0 Å². The molecule has 0 spiro atoms. The van der Waals surface area contributed by atoms with E-state index in [1.807, 2.05) is 18.2 Å². The first kappa shape index (κ1) is 11.5. The molecule has 0 N–H and O–H groups in total. The van der Waals surface area contributed by atoms with E-state index >= 15 is 0 Å². The van der Waals surface area contributed by atoms with Gasteiger partial charge < -0.3 is 9.47 Å². The molecule has 1 fully saturated rings. The van der Waals surface area contributed by atoms with Crippen LogP contribution in [-0.2, 0) is 9.47 Å². The smallest absolute Gasteiger partial charge is 0.148 e. The Morgan fingerprint density at radius 1 is 0.778 bits per heavy atom. The number of aryl methyl sites for hydroxylation is 1. The van der Waals surface area contributed by atoms with Crippen molar-refractivity contribution in [3.63, 3.8) is 0 Å². The lowest BCUT2D eigenvalue weighted by atomic mass is 9.98. The van der Waals surface area contributed by atoms with Gasteiger partial charge in [-0.3, -0.25) is 0 Å². The van der Waals surface area contributed by atoms with Crippen LogP contribution >= 0.6 is 0 Å².